The lowest BCUT2D eigenvalue weighted by Gasteiger charge is -2.24. The fourth-order valence-corrected chi connectivity index (χ4v) is 3.49. The average molecular weight is 495 g/mol. The number of aliphatic imine (C=N–C) groups is 1. The summed E-state index contributed by atoms with van der Waals surface area (Å²) in [4.78, 5) is 6.79. The van der Waals surface area contributed by atoms with Crippen molar-refractivity contribution in [1.82, 2.24) is 10.2 Å². The molecule has 0 bridgehead atoms. The molecule has 0 saturated carbocycles. The Hall–Kier alpha value is -1.96. The molecule has 0 amide bonds. The van der Waals surface area contributed by atoms with Gasteiger partial charge in [-0.2, -0.15) is 0 Å². The Morgan fingerprint density at radius 3 is 2.50 bits per heavy atom. The van der Waals surface area contributed by atoms with Gasteiger partial charge in [0.15, 0.2) is 17.5 Å². The Kier molecular flexibility index (Phi) is 8.89. The number of halogens is 1. The molecule has 1 heterocycles. The first-order valence-electron chi connectivity index (χ1n) is 9.51. The molecule has 1 aliphatic rings. The fraction of sp³-hybridized carbons (Fsp3) is 0.409. The monoisotopic (exact) mass is 495 g/mol. The Balaban J connectivity index is 0.00000280. The van der Waals surface area contributed by atoms with Crippen LogP contribution in [-0.4, -0.2) is 50.8 Å². The van der Waals surface area contributed by atoms with E-state index in [0.29, 0.717) is 12.5 Å². The predicted molar refractivity (Wildman–Crippen MR) is 125 cm³/mol. The van der Waals surface area contributed by atoms with E-state index in [0.717, 1.165) is 37.0 Å². The highest BCUT2D eigenvalue weighted by Crippen LogP contribution is 2.28. The molecule has 3 rings (SSSR count). The van der Waals surface area contributed by atoms with Gasteiger partial charge in [0.05, 0.1) is 13.7 Å². The number of hydrogen-bond acceptors (Lipinski definition) is 3. The van der Waals surface area contributed by atoms with Crippen LogP contribution in [0.15, 0.2) is 59.6 Å². The van der Waals surface area contributed by atoms with Gasteiger partial charge in [-0.25, -0.2) is 0 Å². The molecule has 1 fully saturated rings. The largest absolute Gasteiger partial charge is 0.493 e. The van der Waals surface area contributed by atoms with Gasteiger partial charge in [-0.3, -0.25) is 4.99 Å². The SMILES string of the molecule is CN=C(NCC(C)Oc1ccccc1OC)N1CCC(c2ccccc2)C1.I. The van der Waals surface area contributed by atoms with E-state index < -0.39 is 0 Å². The van der Waals surface area contributed by atoms with Crippen LogP contribution in [0.1, 0.15) is 24.8 Å². The first-order chi connectivity index (χ1) is 13.2. The minimum absolute atomic E-state index is 0. The van der Waals surface area contributed by atoms with Gasteiger partial charge >= 0.3 is 0 Å². The van der Waals surface area contributed by atoms with Crippen molar-refractivity contribution in [2.75, 3.05) is 33.8 Å². The number of nitrogens with zero attached hydrogens (tertiary/aromatic N) is 2. The third-order valence-electron chi connectivity index (χ3n) is 4.92. The number of benzene rings is 2. The van der Waals surface area contributed by atoms with E-state index in [1.807, 2.05) is 38.2 Å². The summed E-state index contributed by atoms with van der Waals surface area (Å²) in [5.74, 6) is 3.00. The van der Waals surface area contributed by atoms with E-state index in [2.05, 4.69) is 45.5 Å². The maximum Gasteiger partial charge on any atom is 0.193 e. The smallest absolute Gasteiger partial charge is 0.193 e. The molecule has 2 atom stereocenters. The van der Waals surface area contributed by atoms with E-state index in [9.17, 15) is 0 Å². The molecule has 1 aliphatic heterocycles. The van der Waals surface area contributed by atoms with Gasteiger partial charge in [0.25, 0.3) is 0 Å². The third kappa shape index (κ3) is 5.77. The van der Waals surface area contributed by atoms with Gasteiger partial charge in [0.1, 0.15) is 6.10 Å². The van der Waals surface area contributed by atoms with Gasteiger partial charge < -0.3 is 19.7 Å². The van der Waals surface area contributed by atoms with Gasteiger partial charge in [0.2, 0.25) is 0 Å². The number of nitrogens with one attached hydrogen (secondary N) is 1. The zero-order valence-corrected chi connectivity index (χ0v) is 19.1. The molecule has 0 spiro atoms. The van der Waals surface area contributed by atoms with E-state index in [1.54, 1.807) is 7.11 Å². The summed E-state index contributed by atoms with van der Waals surface area (Å²) in [6.45, 7) is 4.73. The molecule has 0 aromatic heterocycles. The van der Waals surface area contributed by atoms with Gasteiger partial charge in [-0.05, 0) is 31.0 Å². The third-order valence-corrected chi connectivity index (χ3v) is 4.92. The Morgan fingerprint density at radius 2 is 1.82 bits per heavy atom. The summed E-state index contributed by atoms with van der Waals surface area (Å²) in [7, 11) is 3.49. The van der Waals surface area contributed by atoms with Gasteiger partial charge in [-0.1, -0.05) is 42.5 Å². The lowest BCUT2D eigenvalue weighted by molar-refractivity contribution is 0.212. The van der Waals surface area contributed by atoms with E-state index >= 15 is 0 Å². The summed E-state index contributed by atoms with van der Waals surface area (Å²) < 4.78 is 11.4. The molecular formula is C22H30IN3O2. The van der Waals surface area contributed by atoms with Crippen LogP contribution in [0.3, 0.4) is 0 Å². The van der Waals surface area contributed by atoms with Gasteiger partial charge in [-0.15, -0.1) is 24.0 Å². The summed E-state index contributed by atoms with van der Waals surface area (Å²) in [5, 5.41) is 3.45. The second kappa shape index (κ2) is 11.1. The standard InChI is InChI=1S/C22H29N3O2.HI/c1-17(27-21-12-8-7-11-20(21)26-3)15-24-22(23-2)25-14-13-19(16-25)18-9-5-4-6-10-18;/h4-12,17,19H,13-16H2,1-3H3,(H,23,24);1H. The second-order valence-electron chi connectivity index (χ2n) is 6.85. The molecule has 0 radical (unpaired) electrons. The Labute approximate surface area is 185 Å². The maximum atomic E-state index is 6.02. The molecular weight excluding hydrogens is 465 g/mol. The lowest BCUT2D eigenvalue weighted by atomic mass is 9.99. The van der Waals surface area contributed by atoms with Crippen molar-refractivity contribution < 1.29 is 9.47 Å². The number of ether oxygens (including phenoxy) is 2. The van der Waals surface area contributed by atoms with Crippen molar-refractivity contribution >= 4 is 29.9 Å². The zero-order chi connectivity index (χ0) is 19.1. The lowest BCUT2D eigenvalue weighted by Crippen LogP contribution is -2.43. The van der Waals surface area contributed by atoms with Crippen LogP contribution in [0.5, 0.6) is 11.5 Å². The van der Waals surface area contributed by atoms with Crippen molar-refractivity contribution in [2.24, 2.45) is 4.99 Å². The van der Waals surface area contributed by atoms with Crippen LogP contribution >= 0.6 is 24.0 Å². The van der Waals surface area contributed by atoms with E-state index in [-0.39, 0.29) is 30.1 Å². The van der Waals surface area contributed by atoms with Crippen LogP contribution in [0.25, 0.3) is 0 Å². The molecule has 152 valence electrons. The van der Waals surface area contributed by atoms with Crippen LogP contribution in [0, 0.1) is 0 Å². The van der Waals surface area contributed by atoms with Crippen molar-refractivity contribution in [1.29, 1.82) is 0 Å². The summed E-state index contributed by atoms with van der Waals surface area (Å²) >= 11 is 0. The van der Waals surface area contributed by atoms with Crippen LogP contribution in [0.4, 0.5) is 0 Å². The highest BCUT2D eigenvalue weighted by Gasteiger charge is 2.26. The van der Waals surface area contributed by atoms with E-state index in [4.69, 9.17) is 9.47 Å². The molecule has 5 nitrogen and oxygen atoms in total. The predicted octanol–water partition coefficient (Wildman–Crippen LogP) is 4.15. The molecule has 2 aromatic rings. The first-order valence-corrected chi connectivity index (χ1v) is 9.51. The number of hydrogen-bond donors (Lipinski definition) is 1. The van der Waals surface area contributed by atoms with Crippen molar-refractivity contribution in [3.8, 4) is 11.5 Å². The number of rotatable bonds is 6. The average Bonchev–Trinajstić information content (AvgIpc) is 3.19. The maximum absolute atomic E-state index is 6.02. The molecule has 0 aliphatic carbocycles. The van der Waals surface area contributed by atoms with Crippen molar-refractivity contribution in [2.45, 2.75) is 25.4 Å². The molecule has 2 aromatic carbocycles. The molecule has 1 saturated heterocycles. The Morgan fingerprint density at radius 1 is 1.14 bits per heavy atom. The number of para-hydroxylation sites is 2. The second-order valence-corrected chi connectivity index (χ2v) is 6.85. The number of methoxy groups -OCH3 is 1. The van der Waals surface area contributed by atoms with Crippen molar-refractivity contribution in [3.05, 3.63) is 60.2 Å². The Bertz CT molecular complexity index is 754. The summed E-state index contributed by atoms with van der Waals surface area (Å²) in [6, 6.07) is 18.4. The quantitative estimate of drug-likeness (QED) is 0.372. The van der Waals surface area contributed by atoms with Crippen LogP contribution < -0.4 is 14.8 Å². The van der Waals surface area contributed by atoms with Crippen molar-refractivity contribution in [3.63, 3.8) is 0 Å². The number of guanidine groups is 1. The van der Waals surface area contributed by atoms with Crippen LogP contribution in [0.2, 0.25) is 0 Å². The number of likely N-dealkylation sites (tertiary alicyclic amines) is 1. The van der Waals surface area contributed by atoms with E-state index in [1.165, 1.54) is 5.56 Å². The van der Waals surface area contributed by atoms with Crippen LogP contribution in [-0.2, 0) is 0 Å². The fourth-order valence-electron chi connectivity index (χ4n) is 3.49. The molecule has 1 N–H and O–H groups in total. The summed E-state index contributed by atoms with van der Waals surface area (Å²) in [6.07, 6.45) is 1.14. The first kappa shape index (κ1) is 22.3. The molecule has 6 heteroatoms. The van der Waals surface area contributed by atoms with Gasteiger partial charge in [0, 0.05) is 26.1 Å². The minimum Gasteiger partial charge on any atom is -0.493 e. The molecule has 28 heavy (non-hydrogen) atoms. The topological polar surface area (TPSA) is 46.1 Å². The highest BCUT2D eigenvalue weighted by atomic mass is 127. The minimum atomic E-state index is -0.00873. The highest BCUT2D eigenvalue weighted by molar-refractivity contribution is 14.0. The molecule has 2 unspecified atom stereocenters. The zero-order valence-electron chi connectivity index (χ0n) is 16.8. The summed E-state index contributed by atoms with van der Waals surface area (Å²) in [5.41, 5.74) is 1.41. The normalized spacial score (nSPS) is 17.6.